The van der Waals surface area contributed by atoms with Crippen LogP contribution < -0.4 is 5.32 Å². The molecule has 126 valence electrons. The van der Waals surface area contributed by atoms with E-state index < -0.39 is 0 Å². The first-order valence-corrected chi connectivity index (χ1v) is 9.05. The summed E-state index contributed by atoms with van der Waals surface area (Å²) in [6.45, 7) is 6.32. The van der Waals surface area contributed by atoms with Crippen LogP contribution in [0.2, 0.25) is 0 Å². The number of aryl methyl sites for hydroxylation is 1. The van der Waals surface area contributed by atoms with Crippen LogP contribution in [-0.2, 0) is 4.74 Å². The summed E-state index contributed by atoms with van der Waals surface area (Å²) in [5, 5.41) is 8.97. The molecule has 1 aliphatic heterocycles. The summed E-state index contributed by atoms with van der Waals surface area (Å²) in [5.41, 5.74) is 2.32. The maximum atomic E-state index is 5.51. The molecule has 7 heteroatoms. The van der Waals surface area contributed by atoms with Crippen LogP contribution in [0.5, 0.6) is 0 Å². The van der Waals surface area contributed by atoms with Crippen LogP contribution in [-0.4, -0.2) is 52.3 Å². The second kappa shape index (κ2) is 6.88. The summed E-state index contributed by atoms with van der Waals surface area (Å²) in [5.74, 6) is 0. The lowest BCUT2D eigenvalue weighted by atomic mass is 10.0. The monoisotopic (exact) mass is 343 g/mol. The first-order valence-electron chi connectivity index (χ1n) is 8.23. The molecule has 0 amide bonds. The number of ether oxygens (including phenoxy) is 1. The molecule has 1 unspecified atom stereocenters. The van der Waals surface area contributed by atoms with Crippen LogP contribution in [0.25, 0.3) is 4.96 Å². The van der Waals surface area contributed by atoms with Crippen LogP contribution in [0.15, 0.2) is 36.5 Å². The van der Waals surface area contributed by atoms with Gasteiger partial charge in [0.25, 0.3) is 0 Å². The predicted octanol–water partition coefficient (Wildman–Crippen LogP) is 2.58. The molecule has 3 heterocycles. The molecule has 0 bridgehead atoms. The lowest BCUT2D eigenvalue weighted by Crippen LogP contribution is -2.41. The number of morpholine rings is 1. The number of hydrogen-bond acceptors (Lipinski definition) is 6. The third-order valence-electron chi connectivity index (χ3n) is 4.28. The molecular weight excluding hydrogens is 322 g/mol. The van der Waals surface area contributed by atoms with Gasteiger partial charge >= 0.3 is 0 Å². The van der Waals surface area contributed by atoms with Crippen LogP contribution in [0, 0.1) is 6.92 Å². The lowest BCUT2D eigenvalue weighted by molar-refractivity contribution is 0.0187. The van der Waals surface area contributed by atoms with E-state index in [1.54, 1.807) is 11.3 Å². The Hall–Kier alpha value is -1.96. The van der Waals surface area contributed by atoms with Crippen molar-refractivity contribution in [2.45, 2.75) is 13.0 Å². The highest BCUT2D eigenvalue weighted by atomic mass is 32.1. The van der Waals surface area contributed by atoms with E-state index in [1.807, 2.05) is 17.6 Å². The Kier molecular flexibility index (Phi) is 4.46. The summed E-state index contributed by atoms with van der Waals surface area (Å²) >= 11 is 1.59. The van der Waals surface area contributed by atoms with E-state index in [0.717, 1.165) is 48.6 Å². The Morgan fingerprint density at radius 1 is 1.25 bits per heavy atom. The first-order chi connectivity index (χ1) is 11.8. The van der Waals surface area contributed by atoms with E-state index in [9.17, 15) is 0 Å². The third kappa shape index (κ3) is 3.28. The van der Waals surface area contributed by atoms with Crippen molar-refractivity contribution >= 4 is 21.4 Å². The molecule has 1 aromatic carbocycles. The van der Waals surface area contributed by atoms with Crippen molar-refractivity contribution in [3.63, 3.8) is 0 Å². The fourth-order valence-corrected chi connectivity index (χ4v) is 3.92. The molecule has 3 aromatic rings. The van der Waals surface area contributed by atoms with Crippen molar-refractivity contribution in [1.29, 1.82) is 0 Å². The summed E-state index contributed by atoms with van der Waals surface area (Å²) in [6.07, 6.45) is 1.95. The molecule has 24 heavy (non-hydrogen) atoms. The highest BCUT2D eigenvalue weighted by Crippen LogP contribution is 2.24. The van der Waals surface area contributed by atoms with Crippen molar-refractivity contribution < 1.29 is 4.74 Å². The number of benzene rings is 1. The van der Waals surface area contributed by atoms with Crippen LogP contribution in [0.1, 0.15) is 17.3 Å². The number of nitrogens with one attached hydrogen (secondary N) is 1. The molecule has 6 nitrogen and oxygen atoms in total. The second-order valence-electron chi connectivity index (χ2n) is 5.97. The van der Waals surface area contributed by atoms with Crippen molar-refractivity contribution in [2.75, 3.05) is 38.2 Å². The van der Waals surface area contributed by atoms with Gasteiger partial charge in [0.2, 0.25) is 10.1 Å². The molecular formula is C17H21N5OS. The van der Waals surface area contributed by atoms with Gasteiger partial charge in [0.05, 0.1) is 31.1 Å². The number of anilines is 1. The quantitative estimate of drug-likeness (QED) is 0.772. The van der Waals surface area contributed by atoms with Crippen molar-refractivity contribution in [3.8, 4) is 0 Å². The lowest BCUT2D eigenvalue weighted by Gasteiger charge is -2.34. The largest absolute Gasteiger partial charge is 0.379 e. The fraction of sp³-hybridized carbons (Fsp3) is 0.412. The van der Waals surface area contributed by atoms with E-state index in [1.165, 1.54) is 5.56 Å². The van der Waals surface area contributed by atoms with E-state index in [4.69, 9.17) is 4.74 Å². The smallest absolute Gasteiger partial charge is 0.214 e. The normalized spacial score (nSPS) is 17.2. The Labute approximate surface area is 145 Å². The number of aromatic nitrogens is 3. The minimum Gasteiger partial charge on any atom is -0.379 e. The maximum absolute atomic E-state index is 5.51. The van der Waals surface area contributed by atoms with E-state index in [-0.39, 0.29) is 0 Å². The Bertz CT molecular complexity index is 762. The van der Waals surface area contributed by atoms with Crippen molar-refractivity contribution in [1.82, 2.24) is 19.5 Å². The summed E-state index contributed by atoms with van der Waals surface area (Å²) in [6, 6.07) is 11.0. The molecule has 2 aromatic heterocycles. The molecule has 1 N–H and O–H groups in total. The number of rotatable bonds is 5. The SMILES string of the molecule is Cc1cn2nc(NCC(c3ccccc3)N3CCOCC3)sc2n1. The highest BCUT2D eigenvalue weighted by molar-refractivity contribution is 7.20. The average Bonchev–Trinajstić information content (AvgIpc) is 3.14. The van der Waals surface area contributed by atoms with E-state index in [2.05, 4.69) is 50.6 Å². The van der Waals surface area contributed by atoms with Gasteiger partial charge in [-0.2, -0.15) is 0 Å². The number of nitrogens with zero attached hydrogens (tertiary/aromatic N) is 4. The van der Waals surface area contributed by atoms with E-state index in [0.29, 0.717) is 6.04 Å². The molecule has 1 fully saturated rings. The summed E-state index contributed by atoms with van der Waals surface area (Å²) in [7, 11) is 0. The van der Waals surface area contributed by atoms with Gasteiger partial charge in [0.15, 0.2) is 0 Å². The van der Waals surface area contributed by atoms with Crippen LogP contribution >= 0.6 is 11.3 Å². The zero-order chi connectivity index (χ0) is 16.4. The number of hydrogen-bond donors (Lipinski definition) is 1. The van der Waals surface area contributed by atoms with Crippen LogP contribution in [0.3, 0.4) is 0 Å². The third-order valence-corrected chi connectivity index (χ3v) is 5.16. The molecule has 0 aliphatic carbocycles. The molecule has 0 saturated carbocycles. The van der Waals surface area contributed by atoms with Gasteiger partial charge in [-0.25, -0.2) is 9.50 Å². The van der Waals surface area contributed by atoms with Crippen LogP contribution in [0.4, 0.5) is 5.13 Å². The Morgan fingerprint density at radius 2 is 2.04 bits per heavy atom. The van der Waals surface area contributed by atoms with Gasteiger partial charge < -0.3 is 10.1 Å². The molecule has 1 atom stereocenters. The molecule has 1 aliphatic rings. The zero-order valence-corrected chi connectivity index (χ0v) is 14.5. The van der Waals surface area contributed by atoms with Gasteiger partial charge in [-0.05, 0) is 12.5 Å². The standard InChI is InChI=1S/C17H21N5OS/c1-13-12-22-17(19-13)24-16(20-22)18-11-15(14-5-3-2-4-6-14)21-7-9-23-10-8-21/h2-6,12,15H,7-11H2,1H3,(H,18,20). The Morgan fingerprint density at radius 3 is 2.79 bits per heavy atom. The van der Waals surface area contributed by atoms with Gasteiger partial charge in [-0.1, -0.05) is 41.7 Å². The first kappa shape index (κ1) is 15.6. The fourth-order valence-electron chi connectivity index (χ4n) is 3.09. The van der Waals surface area contributed by atoms with E-state index >= 15 is 0 Å². The molecule has 4 rings (SSSR count). The minimum absolute atomic E-state index is 0.313. The number of imidazole rings is 1. The van der Waals surface area contributed by atoms with Gasteiger partial charge in [0, 0.05) is 19.6 Å². The molecule has 0 spiro atoms. The van der Waals surface area contributed by atoms with Crippen molar-refractivity contribution in [3.05, 3.63) is 47.8 Å². The minimum atomic E-state index is 0.313. The molecule has 0 radical (unpaired) electrons. The maximum Gasteiger partial charge on any atom is 0.214 e. The predicted molar refractivity (Wildman–Crippen MR) is 95.7 cm³/mol. The number of fused-ring (bicyclic) bond motifs is 1. The summed E-state index contributed by atoms with van der Waals surface area (Å²) < 4.78 is 7.35. The highest BCUT2D eigenvalue weighted by Gasteiger charge is 2.22. The second-order valence-corrected chi connectivity index (χ2v) is 6.93. The van der Waals surface area contributed by atoms with Gasteiger partial charge in [-0.3, -0.25) is 4.90 Å². The van der Waals surface area contributed by atoms with Gasteiger partial charge in [-0.15, -0.1) is 5.10 Å². The zero-order valence-electron chi connectivity index (χ0n) is 13.7. The average molecular weight is 343 g/mol. The topological polar surface area (TPSA) is 54.7 Å². The Balaban J connectivity index is 1.51. The summed E-state index contributed by atoms with van der Waals surface area (Å²) in [4.78, 5) is 7.87. The molecule has 1 saturated heterocycles. The van der Waals surface area contributed by atoms with Crippen molar-refractivity contribution in [2.24, 2.45) is 0 Å². The van der Waals surface area contributed by atoms with Gasteiger partial charge in [0.1, 0.15) is 0 Å².